The fraction of sp³-hybridized carbons (Fsp3) is 0.750. The maximum absolute atomic E-state index is 11.3. The van der Waals surface area contributed by atoms with E-state index in [-0.39, 0.29) is 0 Å². The van der Waals surface area contributed by atoms with E-state index in [1.807, 2.05) is 7.05 Å². The van der Waals surface area contributed by atoms with Crippen LogP contribution in [0.4, 0.5) is 0 Å². The first-order valence-corrected chi connectivity index (χ1v) is 11.2. The van der Waals surface area contributed by atoms with Crippen molar-refractivity contribution in [2.75, 3.05) is 26.7 Å². The summed E-state index contributed by atoms with van der Waals surface area (Å²) in [7, 11) is -2.04. The van der Waals surface area contributed by atoms with Crippen LogP contribution in [0.25, 0.3) is 5.57 Å². The standard InChI is InChI=1S/C16H29N4O4S2/c1-4-5-6-7-11-23-16-15(18-25-19-16)14-9-8-10-20(3,12-14)13(2)24-26(17,21)22/h9,13H,4-8,10-12H2,1-3H3,(H2,17,21,22)/q+1. The third-order valence-electron chi connectivity index (χ3n) is 4.71. The molecule has 0 amide bonds. The summed E-state index contributed by atoms with van der Waals surface area (Å²) in [6.07, 6.45) is 6.85. The molecular weight excluding hydrogens is 376 g/mol. The normalized spacial score (nSPS) is 22.1. The van der Waals surface area contributed by atoms with Gasteiger partial charge in [-0.1, -0.05) is 32.3 Å². The Hall–Kier alpha value is -1.07. The molecule has 26 heavy (non-hydrogen) atoms. The molecule has 10 heteroatoms. The third-order valence-corrected chi connectivity index (χ3v) is 5.77. The predicted molar refractivity (Wildman–Crippen MR) is 102 cm³/mol. The number of ether oxygens (including phenoxy) is 1. The van der Waals surface area contributed by atoms with Crippen LogP contribution in [-0.2, 0) is 14.5 Å². The van der Waals surface area contributed by atoms with Gasteiger partial charge in [0.1, 0.15) is 12.2 Å². The molecule has 0 bridgehead atoms. The molecule has 0 fully saturated rings. The van der Waals surface area contributed by atoms with Gasteiger partial charge in [0, 0.05) is 18.9 Å². The smallest absolute Gasteiger partial charge is 0.338 e. The second-order valence-corrected chi connectivity index (χ2v) is 8.60. The topological polar surface area (TPSA) is 104 Å². The molecule has 1 aliphatic rings. The van der Waals surface area contributed by atoms with E-state index in [1.165, 1.54) is 12.8 Å². The number of aromatic nitrogens is 2. The average Bonchev–Trinajstić information content (AvgIpc) is 3.01. The van der Waals surface area contributed by atoms with Crippen molar-refractivity contribution in [3.63, 3.8) is 0 Å². The number of likely N-dealkylation sites (N-methyl/N-ethyl adjacent to an activating group) is 1. The zero-order chi connectivity index (χ0) is 19.2. The lowest BCUT2D eigenvalue weighted by molar-refractivity contribution is -0.943. The Morgan fingerprint density at radius 3 is 2.81 bits per heavy atom. The van der Waals surface area contributed by atoms with Crippen molar-refractivity contribution in [1.29, 1.82) is 0 Å². The molecule has 2 unspecified atom stereocenters. The molecule has 148 valence electrons. The van der Waals surface area contributed by atoms with Crippen molar-refractivity contribution >= 4 is 27.6 Å². The highest BCUT2D eigenvalue weighted by molar-refractivity contribution is 7.84. The lowest BCUT2D eigenvalue weighted by Crippen LogP contribution is -2.55. The second-order valence-electron chi connectivity index (χ2n) is 6.89. The van der Waals surface area contributed by atoms with Gasteiger partial charge in [0.2, 0.25) is 6.23 Å². The molecule has 0 aliphatic carbocycles. The van der Waals surface area contributed by atoms with Gasteiger partial charge in [-0.05, 0) is 6.42 Å². The van der Waals surface area contributed by atoms with Gasteiger partial charge in [-0.3, -0.25) is 4.48 Å². The summed E-state index contributed by atoms with van der Waals surface area (Å²) in [6.45, 7) is 5.86. The Kier molecular flexibility index (Phi) is 7.53. The van der Waals surface area contributed by atoms with Crippen molar-refractivity contribution in [2.45, 2.75) is 52.2 Å². The number of rotatable bonds is 10. The predicted octanol–water partition coefficient (Wildman–Crippen LogP) is 2.30. The summed E-state index contributed by atoms with van der Waals surface area (Å²) in [6, 6.07) is 0. The Bertz CT molecular complexity index is 720. The second kappa shape index (κ2) is 9.23. The Morgan fingerprint density at radius 1 is 1.35 bits per heavy atom. The number of unbranched alkanes of at least 4 members (excludes halogenated alkanes) is 3. The van der Waals surface area contributed by atoms with Crippen molar-refractivity contribution in [2.24, 2.45) is 5.14 Å². The minimum absolute atomic E-state index is 0.399. The van der Waals surface area contributed by atoms with Gasteiger partial charge in [0.25, 0.3) is 5.88 Å². The number of hydrogen-bond acceptors (Lipinski definition) is 7. The van der Waals surface area contributed by atoms with Gasteiger partial charge in [-0.2, -0.15) is 12.8 Å². The summed E-state index contributed by atoms with van der Waals surface area (Å²) < 4.78 is 42.5. The summed E-state index contributed by atoms with van der Waals surface area (Å²) in [5.41, 5.74) is 1.75. The summed E-state index contributed by atoms with van der Waals surface area (Å²) >= 11 is 1.13. The third kappa shape index (κ3) is 5.98. The number of quaternary nitrogens is 1. The molecule has 1 aromatic rings. The molecule has 2 atom stereocenters. The fourth-order valence-electron chi connectivity index (χ4n) is 3.02. The van der Waals surface area contributed by atoms with Crippen molar-refractivity contribution < 1.29 is 21.8 Å². The molecule has 0 saturated heterocycles. The molecule has 0 radical (unpaired) electrons. The quantitative estimate of drug-likeness (QED) is 0.473. The average molecular weight is 406 g/mol. The zero-order valence-electron chi connectivity index (χ0n) is 15.7. The van der Waals surface area contributed by atoms with Gasteiger partial charge in [-0.25, -0.2) is 9.32 Å². The van der Waals surface area contributed by atoms with Crippen LogP contribution in [0.15, 0.2) is 6.08 Å². The Morgan fingerprint density at radius 2 is 2.12 bits per heavy atom. The molecule has 8 nitrogen and oxygen atoms in total. The van der Waals surface area contributed by atoms with Crippen LogP contribution < -0.4 is 9.88 Å². The molecular formula is C16H29N4O4S2+. The summed E-state index contributed by atoms with van der Waals surface area (Å²) in [4.78, 5) is 0. The lowest BCUT2D eigenvalue weighted by atomic mass is 10.0. The van der Waals surface area contributed by atoms with E-state index in [2.05, 4.69) is 21.7 Å². The van der Waals surface area contributed by atoms with Crippen LogP contribution in [-0.4, -0.2) is 54.6 Å². The van der Waals surface area contributed by atoms with Crippen LogP contribution in [0.2, 0.25) is 0 Å². The van der Waals surface area contributed by atoms with Crippen LogP contribution >= 0.6 is 11.7 Å². The lowest BCUT2D eigenvalue weighted by Gasteiger charge is -2.41. The molecule has 0 spiro atoms. The maximum Gasteiger partial charge on any atom is 0.338 e. The molecule has 1 aliphatic heterocycles. The largest absolute Gasteiger partial charge is 0.475 e. The molecule has 2 N–H and O–H groups in total. The van der Waals surface area contributed by atoms with E-state index >= 15 is 0 Å². The van der Waals surface area contributed by atoms with E-state index in [9.17, 15) is 8.42 Å². The van der Waals surface area contributed by atoms with E-state index in [0.29, 0.717) is 23.5 Å². The van der Waals surface area contributed by atoms with Gasteiger partial charge >= 0.3 is 10.3 Å². The first-order valence-electron chi connectivity index (χ1n) is 8.95. The number of nitrogens with two attached hydrogens (primary N) is 1. The van der Waals surface area contributed by atoms with Gasteiger partial charge in [0.05, 0.1) is 31.9 Å². The minimum atomic E-state index is -4.00. The first-order chi connectivity index (χ1) is 12.2. The number of hydrogen-bond donors (Lipinski definition) is 1. The molecule has 2 heterocycles. The van der Waals surface area contributed by atoms with E-state index in [1.54, 1.807) is 6.92 Å². The van der Waals surface area contributed by atoms with Gasteiger partial charge in [-0.15, -0.1) is 4.37 Å². The van der Waals surface area contributed by atoms with E-state index in [0.717, 1.165) is 48.8 Å². The molecule has 0 aromatic carbocycles. The minimum Gasteiger partial charge on any atom is -0.475 e. The first kappa shape index (κ1) is 21.2. The number of nitrogens with zero attached hydrogens (tertiary/aromatic N) is 3. The van der Waals surface area contributed by atoms with Crippen LogP contribution in [0.3, 0.4) is 0 Å². The van der Waals surface area contributed by atoms with Gasteiger partial charge < -0.3 is 4.74 Å². The van der Waals surface area contributed by atoms with Crippen LogP contribution in [0.1, 0.15) is 51.6 Å². The van der Waals surface area contributed by atoms with Gasteiger partial charge in [0.15, 0.2) is 0 Å². The van der Waals surface area contributed by atoms with Crippen molar-refractivity contribution in [3.05, 3.63) is 11.8 Å². The highest BCUT2D eigenvalue weighted by atomic mass is 32.2. The zero-order valence-corrected chi connectivity index (χ0v) is 17.3. The monoisotopic (exact) mass is 405 g/mol. The van der Waals surface area contributed by atoms with Crippen LogP contribution in [0.5, 0.6) is 5.88 Å². The van der Waals surface area contributed by atoms with E-state index < -0.39 is 16.5 Å². The molecule has 2 rings (SSSR count). The summed E-state index contributed by atoms with van der Waals surface area (Å²) in [5.74, 6) is 0.561. The Balaban J connectivity index is 2.03. The SMILES string of the molecule is CCCCCCOc1nsnc1C1=CCC[N+](C)(C(C)OS(N)(=O)=O)C1. The van der Waals surface area contributed by atoms with Crippen molar-refractivity contribution in [3.8, 4) is 5.88 Å². The highest BCUT2D eigenvalue weighted by Crippen LogP contribution is 2.31. The van der Waals surface area contributed by atoms with Crippen molar-refractivity contribution in [1.82, 2.24) is 8.75 Å². The molecule has 1 aromatic heterocycles. The maximum atomic E-state index is 11.3. The Labute approximate surface area is 160 Å². The molecule has 0 saturated carbocycles. The highest BCUT2D eigenvalue weighted by Gasteiger charge is 2.37. The van der Waals surface area contributed by atoms with E-state index in [4.69, 9.17) is 14.1 Å². The fourth-order valence-corrected chi connectivity index (χ4v) is 4.14. The van der Waals surface area contributed by atoms with Crippen LogP contribution in [0, 0.1) is 0 Å². The summed E-state index contributed by atoms with van der Waals surface area (Å²) in [5, 5.41) is 5.03.